The van der Waals surface area contributed by atoms with Crippen LogP contribution in [0.3, 0.4) is 0 Å². The number of hydrogen-bond acceptors (Lipinski definition) is 3. The van der Waals surface area contributed by atoms with Gasteiger partial charge in [-0.3, -0.25) is 9.59 Å². The molecular weight excluding hydrogens is 434 g/mol. The van der Waals surface area contributed by atoms with E-state index in [0.29, 0.717) is 28.4 Å². The SMILES string of the molecule is NC1CCC(N(Cc2cc(NC(=O)c3ccccc3)ccc2Cl)C(=O)c2ccccc2)CC1. The first-order valence-corrected chi connectivity index (χ1v) is 11.7. The van der Waals surface area contributed by atoms with Gasteiger partial charge in [0.25, 0.3) is 11.8 Å². The molecule has 0 saturated heterocycles. The van der Waals surface area contributed by atoms with Crippen LogP contribution in [-0.2, 0) is 6.54 Å². The summed E-state index contributed by atoms with van der Waals surface area (Å²) in [6.45, 7) is 0.363. The topological polar surface area (TPSA) is 75.4 Å². The minimum atomic E-state index is -0.192. The van der Waals surface area contributed by atoms with E-state index in [0.717, 1.165) is 31.2 Å². The molecule has 0 atom stereocenters. The summed E-state index contributed by atoms with van der Waals surface area (Å²) in [5, 5.41) is 3.49. The fourth-order valence-electron chi connectivity index (χ4n) is 4.28. The normalized spacial score (nSPS) is 17.9. The summed E-state index contributed by atoms with van der Waals surface area (Å²) in [6, 6.07) is 24.0. The van der Waals surface area contributed by atoms with Gasteiger partial charge in [-0.2, -0.15) is 0 Å². The number of carbonyl (C=O) groups excluding carboxylic acids is 2. The first kappa shape index (κ1) is 23.0. The van der Waals surface area contributed by atoms with E-state index in [2.05, 4.69) is 5.32 Å². The van der Waals surface area contributed by atoms with Crippen LogP contribution in [0.15, 0.2) is 78.9 Å². The zero-order chi connectivity index (χ0) is 23.2. The summed E-state index contributed by atoms with van der Waals surface area (Å²) in [6.07, 6.45) is 3.51. The van der Waals surface area contributed by atoms with Crippen LogP contribution < -0.4 is 11.1 Å². The highest BCUT2D eigenvalue weighted by atomic mass is 35.5. The van der Waals surface area contributed by atoms with Gasteiger partial charge in [0.1, 0.15) is 0 Å². The van der Waals surface area contributed by atoms with Gasteiger partial charge in [0.15, 0.2) is 0 Å². The number of benzene rings is 3. The van der Waals surface area contributed by atoms with Crippen LogP contribution in [0.25, 0.3) is 0 Å². The lowest BCUT2D eigenvalue weighted by Gasteiger charge is -2.36. The number of nitrogens with zero attached hydrogens (tertiary/aromatic N) is 1. The molecule has 1 aliphatic rings. The zero-order valence-corrected chi connectivity index (χ0v) is 19.2. The van der Waals surface area contributed by atoms with Gasteiger partial charge in [0.2, 0.25) is 0 Å². The van der Waals surface area contributed by atoms with E-state index in [4.69, 9.17) is 17.3 Å². The second kappa shape index (κ2) is 10.6. The molecule has 3 N–H and O–H groups in total. The van der Waals surface area contributed by atoms with Gasteiger partial charge in [-0.15, -0.1) is 0 Å². The Balaban J connectivity index is 1.58. The van der Waals surface area contributed by atoms with Crippen molar-refractivity contribution < 1.29 is 9.59 Å². The largest absolute Gasteiger partial charge is 0.331 e. The Morgan fingerprint density at radius 1 is 0.879 bits per heavy atom. The number of carbonyl (C=O) groups is 2. The van der Waals surface area contributed by atoms with Crippen LogP contribution in [0, 0.1) is 0 Å². The highest BCUT2D eigenvalue weighted by Crippen LogP contribution is 2.29. The number of nitrogens with one attached hydrogen (secondary N) is 1. The summed E-state index contributed by atoms with van der Waals surface area (Å²) < 4.78 is 0. The fourth-order valence-corrected chi connectivity index (χ4v) is 4.45. The Morgan fingerprint density at radius 3 is 2.12 bits per heavy atom. The zero-order valence-electron chi connectivity index (χ0n) is 18.4. The third-order valence-electron chi connectivity index (χ3n) is 6.14. The second-order valence-electron chi connectivity index (χ2n) is 8.49. The van der Waals surface area contributed by atoms with Crippen molar-refractivity contribution in [3.8, 4) is 0 Å². The van der Waals surface area contributed by atoms with Gasteiger partial charge in [-0.1, -0.05) is 48.0 Å². The monoisotopic (exact) mass is 461 g/mol. The average Bonchev–Trinajstić information content (AvgIpc) is 2.85. The van der Waals surface area contributed by atoms with Gasteiger partial charge < -0.3 is 16.0 Å². The molecule has 6 heteroatoms. The standard InChI is InChI=1S/C27H28ClN3O2/c28-25-16-13-23(30-26(32)19-7-3-1-4-8-19)17-21(25)18-31(24-14-11-22(29)12-15-24)27(33)20-9-5-2-6-10-20/h1-10,13,16-17,22,24H,11-12,14-15,18,29H2,(H,30,32). The molecule has 0 radical (unpaired) electrons. The summed E-state index contributed by atoms with van der Waals surface area (Å²) >= 11 is 6.54. The summed E-state index contributed by atoms with van der Waals surface area (Å²) in [5.74, 6) is -0.215. The van der Waals surface area contributed by atoms with E-state index >= 15 is 0 Å². The quantitative estimate of drug-likeness (QED) is 0.508. The average molecular weight is 462 g/mol. The Morgan fingerprint density at radius 2 is 1.48 bits per heavy atom. The molecule has 0 aromatic heterocycles. The maximum absolute atomic E-state index is 13.5. The van der Waals surface area contributed by atoms with Crippen molar-refractivity contribution in [2.24, 2.45) is 5.73 Å². The molecule has 170 valence electrons. The van der Waals surface area contributed by atoms with Crippen molar-refractivity contribution >= 4 is 29.1 Å². The fraction of sp³-hybridized carbons (Fsp3) is 0.259. The number of rotatable bonds is 6. The predicted octanol–water partition coefficient (Wildman–Crippen LogP) is 5.50. The Bertz CT molecular complexity index is 1100. The van der Waals surface area contributed by atoms with Crippen molar-refractivity contribution in [2.75, 3.05) is 5.32 Å². The summed E-state index contributed by atoms with van der Waals surface area (Å²) in [4.78, 5) is 28.0. The summed E-state index contributed by atoms with van der Waals surface area (Å²) in [5.41, 5.74) is 8.77. The van der Waals surface area contributed by atoms with Crippen LogP contribution in [0.2, 0.25) is 5.02 Å². The molecule has 0 bridgehead atoms. The number of halogens is 1. The Hall–Kier alpha value is -3.15. The van der Waals surface area contributed by atoms with Crippen molar-refractivity contribution in [1.82, 2.24) is 4.90 Å². The lowest BCUT2D eigenvalue weighted by Crippen LogP contribution is -2.43. The van der Waals surface area contributed by atoms with Gasteiger partial charge in [-0.05, 0) is 73.7 Å². The molecule has 2 amide bonds. The van der Waals surface area contributed by atoms with E-state index in [1.165, 1.54) is 0 Å². The van der Waals surface area contributed by atoms with Crippen molar-refractivity contribution in [3.63, 3.8) is 0 Å². The predicted molar refractivity (Wildman–Crippen MR) is 132 cm³/mol. The molecule has 0 heterocycles. The van der Waals surface area contributed by atoms with E-state index in [1.807, 2.05) is 59.5 Å². The molecule has 1 fully saturated rings. The molecule has 3 aromatic rings. The number of amides is 2. The van der Waals surface area contributed by atoms with Gasteiger partial charge in [0, 0.05) is 40.5 Å². The molecule has 1 aliphatic carbocycles. The van der Waals surface area contributed by atoms with E-state index in [9.17, 15) is 9.59 Å². The number of anilines is 1. The van der Waals surface area contributed by atoms with Crippen molar-refractivity contribution in [3.05, 3.63) is 101 Å². The number of hydrogen-bond donors (Lipinski definition) is 2. The maximum Gasteiger partial charge on any atom is 0.255 e. The Labute approximate surface area is 199 Å². The molecule has 3 aromatic carbocycles. The van der Waals surface area contributed by atoms with Gasteiger partial charge in [0.05, 0.1) is 0 Å². The lowest BCUT2D eigenvalue weighted by atomic mass is 9.90. The third-order valence-corrected chi connectivity index (χ3v) is 6.51. The number of nitrogens with two attached hydrogens (primary N) is 1. The molecular formula is C27H28ClN3O2. The lowest BCUT2D eigenvalue weighted by molar-refractivity contribution is 0.0606. The van der Waals surface area contributed by atoms with Gasteiger partial charge in [-0.25, -0.2) is 0 Å². The molecule has 33 heavy (non-hydrogen) atoms. The van der Waals surface area contributed by atoms with Crippen molar-refractivity contribution in [2.45, 2.75) is 44.3 Å². The first-order valence-electron chi connectivity index (χ1n) is 11.3. The highest BCUT2D eigenvalue weighted by molar-refractivity contribution is 6.31. The third kappa shape index (κ3) is 5.81. The highest BCUT2D eigenvalue weighted by Gasteiger charge is 2.29. The molecule has 5 nitrogen and oxygen atoms in total. The minimum Gasteiger partial charge on any atom is -0.331 e. The van der Waals surface area contributed by atoms with Crippen LogP contribution >= 0.6 is 11.6 Å². The summed E-state index contributed by atoms with van der Waals surface area (Å²) in [7, 11) is 0. The molecule has 0 aliphatic heterocycles. The van der Waals surface area contributed by atoms with Crippen LogP contribution in [0.1, 0.15) is 52.0 Å². The molecule has 0 spiro atoms. The van der Waals surface area contributed by atoms with Crippen LogP contribution in [0.5, 0.6) is 0 Å². The van der Waals surface area contributed by atoms with Crippen LogP contribution in [-0.4, -0.2) is 28.8 Å². The van der Waals surface area contributed by atoms with Crippen LogP contribution in [0.4, 0.5) is 5.69 Å². The van der Waals surface area contributed by atoms with E-state index in [1.54, 1.807) is 24.3 Å². The first-order chi connectivity index (χ1) is 16.0. The van der Waals surface area contributed by atoms with E-state index in [-0.39, 0.29) is 23.9 Å². The van der Waals surface area contributed by atoms with E-state index < -0.39 is 0 Å². The van der Waals surface area contributed by atoms with Crippen molar-refractivity contribution in [1.29, 1.82) is 0 Å². The Kier molecular flexibility index (Phi) is 7.43. The van der Waals surface area contributed by atoms with Gasteiger partial charge >= 0.3 is 0 Å². The molecule has 0 unspecified atom stereocenters. The smallest absolute Gasteiger partial charge is 0.255 e. The maximum atomic E-state index is 13.5. The molecule has 4 rings (SSSR count). The second-order valence-corrected chi connectivity index (χ2v) is 8.90. The minimum absolute atomic E-state index is 0.0223. The molecule has 1 saturated carbocycles.